The van der Waals surface area contributed by atoms with Gasteiger partial charge in [-0.2, -0.15) is 0 Å². The van der Waals surface area contributed by atoms with Crippen LogP contribution >= 0.6 is 0 Å². The number of carbonyl (C=O) groups excluding carboxylic acids is 4. The average Bonchev–Trinajstić information content (AvgIpc) is 2.66. The molecule has 0 unspecified atom stereocenters. The topological polar surface area (TPSA) is 152 Å². The van der Waals surface area contributed by atoms with Gasteiger partial charge in [-0.3, -0.25) is 19.2 Å². The summed E-state index contributed by atoms with van der Waals surface area (Å²) in [6.07, 6.45) is -0.719. The first-order valence-corrected chi connectivity index (χ1v) is 10.4. The molecule has 3 N–H and O–H groups in total. The highest BCUT2D eigenvalue weighted by atomic mass is 16.7. The summed E-state index contributed by atoms with van der Waals surface area (Å²) in [7, 11) is 0. The Hall–Kier alpha value is -2.24. The summed E-state index contributed by atoms with van der Waals surface area (Å²) in [4.78, 5) is 46.5. The molecule has 0 aromatic heterocycles. The van der Waals surface area contributed by atoms with Crippen LogP contribution in [0.15, 0.2) is 0 Å². The number of ether oxygens (including phenoxy) is 5. The molecule has 11 heteroatoms. The number of unbranched alkanes of at least 4 members (excludes halogenated alkanes) is 3. The number of esters is 3. The maximum atomic E-state index is 11.8. The van der Waals surface area contributed by atoms with Crippen LogP contribution in [0.5, 0.6) is 0 Å². The van der Waals surface area contributed by atoms with E-state index < -0.39 is 54.5 Å². The zero-order valence-electron chi connectivity index (χ0n) is 18.6. The van der Waals surface area contributed by atoms with Crippen LogP contribution in [0.2, 0.25) is 0 Å². The second-order valence-electron chi connectivity index (χ2n) is 7.29. The van der Waals surface area contributed by atoms with Gasteiger partial charge >= 0.3 is 17.9 Å². The molecular weight excluding hydrogens is 412 g/mol. The highest BCUT2D eigenvalue weighted by Gasteiger charge is 2.51. The van der Waals surface area contributed by atoms with Crippen LogP contribution in [0, 0.1) is 0 Å². The van der Waals surface area contributed by atoms with Crippen molar-refractivity contribution in [1.29, 1.82) is 0 Å². The summed E-state index contributed by atoms with van der Waals surface area (Å²) in [5, 5.41) is 2.66. The predicted octanol–water partition coefficient (Wildman–Crippen LogP) is 0.178. The van der Waals surface area contributed by atoms with E-state index in [1.807, 2.05) is 0 Å². The van der Waals surface area contributed by atoms with Crippen LogP contribution < -0.4 is 11.1 Å². The third-order valence-electron chi connectivity index (χ3n) is 4.45. The van der Waals surface area contributed by atoms with E-state index in [2.05, 4.69) is 5.32 Å². The molecule has 0 spiro atoms. The monoisotopic (exact) mass is 446 g/mol. The highest BCUT2D eigenvalue weighted by molar-refractivity contribution is 5.73. The van der Waals surface area contributed by atoms with Crippen molar-refractivity contribution in [3.63, 3.8) is 0 Å². The van der Waals surface area contributed by atoms with Gasteiger partial charge in [-0.25, -0.2) is 0 Å². The number of hydrogen-bond acceptors (Lipinski definition) is 10. The molecule has 0 bridgehead atoms. The van der Waals surface area contributed by atoms with Crippen LogP contribution in [0.25, 0.3) is 0 Å². The molecule has 0 aromatic rings. The maximum Gasteiger partial charge on any atom is 0.303 e. The molecule has 1 aliphatic heterocycles. The van der Waals surface area contributed by atoms with E-state index in [-0.39, 0.29) is 6.61 Å². The van der Waals surface area contributed by atoms with Crippen LogP contribution in [0.3, 0.4) is 0 Å². The largest absolute Gasteiger partial charge is 0.463 e. The number of nitrogens with one attached hydrogen (secondary N) is 1. The maximum absolute atomic E-state index is 11.8. The molecule has 178 valence electrons. The van der Waals surface area contributed by atoms with Gasteiger partial charge in [0.2, 0.25) is 5.91 Å². The second-order valence-corrected chi connectivity index (χ2v) is 7.29. The molecule has 0 aromatic carbocycles. The Morgan fingerprint density at radius 3 is 2.03 bits per heavy atom. The Morgan fingerprint density at radius 1 is 0.871 bits per heavy atom. The summed E-state index contributed by atoms with van der Waals surface area (Å²) in [5.41, 5.74) is 5.49. The van der Waals surface area contributed by atoms with Gasteiger partial charge < -0.3 is 34.7 Å². The molecule has 1 amide bonds. The minimum atomic E-state index is -1.12. The standard InChI is InChI=1S/C20H34N2O9/c1-12(23)22-17-19(30-15(4)26)18(29-14(3)25)16(11-28-13(2)24)31-20(17)27-10-8-6-5-7-9-21/h16-20H,5-11,21H2,1-4H3,(H,22,23)/t16-,17-,18-,19-,20-/m1/s1. The van der Waals surface area contributed by atoms with E-state index in [0.29, 0.717) is 13.2 Å². The zero-order valence-corrected chi connectivity index (χ0v) is 18.6. The van der Waals surface area contributed by atoms with Gasteiger partial charge in [0.25, 0.3) is 0 Å². The van der Waals surface area contributed by atoms with Crippen molar-refractivity contribution in [2.24, 2.45) is 5.73 Å². The fraction of sp³-hybridized carbons (Fsp3) is 0.800. The minimum absolute atomic E-state index is 0.256. The summed E-state index contributed by atoms with van der Waals surface area (Å²) < 4.78 is 27.5. The van der Waals surface area contributed by atoms with Crippen molar-refractivity contribution in [2.45, 2.75) is 84.0 Å². The Bertz CT molecular complexity index is 613. The van der Waals surface area contributed by atoms with Crippen molar-refractivity contribution in [2.75, 3.05) is 19.8 Å². The first kappa shape index (κ1) is 26.8. The van der Waals surface area contributed by atoms with Crippen molar-refractivity contribution in [3.8, 4) is 0 Å². The molecular formula is C20H34N2O9. The molecule has 11 nitrogen and oxygen atoms in total. The summed E-state index contributed by atoms with van der Waals surface area (Å²) in [6, 6.07) is -0.941. The van der Waals surface area contributed by atoms with E-state index in [9.17, 15) is 19.2 Å². The number of carbonyl (C=O) groups is 4. The number of hydrogen-bond donors (Lipinski definition) is 2. The Morgan fingerprint density at radius 2 is 1.48 bits per heavy atom. The Labute approximate surface area is 182 Å². The Balaban J connectivity index is 3.07. The van der Waals surface area contributed by atoms with Gasteiger partial charge in [0, 0.05) is 34.3 Å². The quantitative estimate of drug-likeness (QED) is 0.241. The SMILES string of the molecule is CC(=O)N[C@H]1[C@H](OCCCCCCN)O[C@H](COC(C)=O)[C@@H](OC(C)=O)[C@@H]1OC(C)=O. The first-order chi connectivity index (χ1) is 14.6. The first-order valence-electron chi connectivity index (χ1n) is 10.4. The summed E-state index contributed by atoms with van der Waals surface area (Å²) in [6.45, 7) is 5.58. The molecule has 1 rings (SSSR count). The Kier molecular flexibility index (Phi) is 12.1. The van der Waals surface area contributed by atoms with Gasteiger partial charge in [-0.05, 0) is 19.4 Å². The third kappa shape index (κ3) is 10.1. The van der Waals surface area contributed by atoms with Crippen LogP contribution in [-0.2, 0) is 42.9 Å². The van der Waals surface area contributed by atoms with E-state index in [1.165, 1.54) is 27.7 Å². The lowest BCUT2D eigenvalue weighted by atomic mass is 9.96. The molecule has 31 heavy (non-hydrogen) atoms. The predicted molar refractivity (Wildman–Crippen MR) is 107 cm³/mol. The van der Waals surface area contributed by atoms with E-state index >= 15 is 0 Å². The molecule has 1 saturated heterocycles. The normalized spacial score (nSPS) is 25.4. The lowest BCUT2D eigenvalue weighted by molar-refractivity contribution is -0.277. The van der Waals surface area contributed by atoms with Gasteiger partial charge in [0.15, 0.2) is 18.5 Å². The molecule has 0 aliphatic carbocycles. The van der Waals surface area contributed by atoms with Gasteiger partial charge in [0.05, 0.1) is 0 Å². The minimum Gasteiger partial charge on any atom is -0.463 e. The third-order valence-corrected chi connectivity index (χ3v) is 4.45. The van der Waals surface area contributed by atoms with Gasteiger partial charge in [-0.1, -0.05) is 12.8 Å². The van der Waals surface area contributed by atoms with Crippen LogP contribution in [0.1, 0.15) is 53.4 Å². The van der Waals surface area contributed by atoms with E-state index in [4.69, 9.17) is 29.4 Å². The molecule has 1 aliphatic rings. The van der Waals surface area contributed by atoms with Crippen molar-refractivity contribution >= 4 is 23.8 Å². The molecule has 0 radical (unpaired) electrons. The van der Waals surface area contributed by atoms with E-state index in [0.717, 1.165) is 25.7 Å². The summed E-state index contributed by atoms with van der Waals surface area (Å²) >= 11 is 0. The van der Waals surface area contributed by atoms with Gasteiger partial charge in [0.1, 0.15) is 18.8 Å². The lowest BCUT2D eigenvalue weighted by Gasteiger charge is -2.44. The zero-order chi connectivity index (χ0) is 23.4. The fourth-order valence-electron chi connectivity index (χ4n) is 3.23. The molecule has 0 saturated carbocycles. The van der Waals surface area contributed by atoms with Crippen molar-refractivity contribution in [1.82, 2.24) is 5.32 Å². The average molecular weight is 446 g/mol. The van der Waals surface area contributed by atoms with E-state index in [1.54, 1.807) is 0 Å². The molecule has 1 fully saturated rings. The lowest BCUT2D eigenvalue weighted by Crippen LogP contribution is -2.66. The number of amides is 1. The second kappa shape index (κ2) is 13.9. The molecule has 5 atom stereocenters. The van der Waals surface area contributed by atoms with Gasteiger partial charge in [-0.15, -0.1) is 0 Å². The van der Waals surface area contributed by atoms with Crippen molar-refractivity contribution < 1.29 is 42.9 Å². The summed E-state index contributed by atoms with van der Waals surface area (Å²) in [5.74, 6) is -2.27. The van der Waals surface area contributed by atoms with Crippen molar-refractivity contribution in [3.05, 3.63) is 0 Å². The molecule has 1 heterocycles. The highest BCUT2D eigenvalue weighted by Crippen LogP contribution is 2.28. The van der Waals surface area contributed by atoms with Crippen LogP contribution in [0.4, 0.5) is 0 Å². The van der Waals surface area contributed by atoms with Crippen LogP contribution in [-0.4, -0.2) is 74.2 Å². The number of rotatable bonds is 12. The number of nitrogens with two attached hydrogens (primary N) is 1. The fourth-order valence-corrected chi connectivity index (χ4v) is 3.23. The smallest absolute Gasteiger partial charge is 0.303 e.